The van der Waals surface area contributed by atoms with Crippen LogP contribution in [0.15, 0.2) is 54.6 Å². The Morgan fingerprint density at radius 3 is 2.29 bits per heavy atom. The van der Waals surface area contributed by atoms with E-state index in [0.717, 1.165) is 65.2 Å². The van der Waals surface area contributed by atoms with E-state index in [9.17, 15) is 0 Å². The summed E-state index contributed by atoms with van der Waals surface area (Å²) < 4.78 is 18.8. The summed E-state index contributed by atoms with van der Waals surface area (Å²) in [5.41, 5.74) is 5.40. The SMILES string of the molecule is CN(C)CCCOC(COCC[Si](C)(C)C)c1cc2c([nH]1)-c1ccccc1Oc1ccccc1-2. The summed E-state index contributed by atoms with van der Waals surface area (Å²) in [5, 5.41) is 0. The zero-order chi connectivity index (χ0) is 24.1. The molecule has 0 spiro atoms. The fourth-order valence-electron chi connectivity index (χ4n) is 4.14. The van der Waals surface area contributed by atoms with E-state index in [4.69, 9.17) is 14.2 Å². The van der Waals surface area contributed by atoms with Crippen molar-refractivity contribution in [1.82, 2.24) is 9.88 Å². The first-order valence-electron chi connectivity index (χ1n) is 12.3. The van der Waals surface area contributed by atoms with Gasteiger partial charge >= 0.3 is 0 Å². The summed E-state index contributed by atoms with van der Waals surface area (Å²) >= 11 is 0. The van der Waals surface area contributed by atoms with E-state index in [2.05, 4.69) is 74.0 Å². The van der Waals surface area contributed by atoms with Crippen LogP contribution in [0.3, 0.4) is 0 Å². The molecule has 0 bridgehead atoms. The maximum absolute atomic E-state index is 6.39. The molecule has 2 aromatic carbocycles. The Morgan fingerprint density at radius 1 is 0.912 bits per heavy atom. The Morgan fingerprint density at radius 2 is 1.59 bits per heavy atom. The number of para-hydroxylation sites is 2. The summed E-state index contributed by atoms with van der Waals surface area (Å²) in [7, 11) is 3.05. The van der Waals surface area contributed by atoms with Crippen LogP contribution >= 0.6 is 0 Å². The van der Waals surface area contributed by atoms with Gasteiger partial charge in [-0.25, -0.2) is 0 Å². The van der Waals surface area contributed by atoms with Gasteiger partial charge in [-0.05, 0) is 57.4 Å². The Hall–Kier alpha value is -2.38. The maximum atomic E-state index is 6.39. The molecule has 182 valence electrons. The van der Waals surface area contributed by atoms with Crippen LogP contribution in [0.4, 0.5) is 0 Å². The fourth-order valence-corrected chi connectivity index (χ4v) is 4.89. The Labute approximate surface area is 205 Å². The first-order chi connectivity index (χ1) is 16.3. The highest BCUT2D eigenvalue weighted by Gasteiger charge is 2.25. The van der Waals surface area contributed by atoms with Crippen molar-refractivity contribution in [3.63, 3.8) is 0 Å². The zero-order valence-electron chi connectivity index (χ0n) is 21.2. The number of ether oxygens (including phenoxy) is 3. The molecule has 0 aliphatic carbocycles. The van der Waals surface area contributed by atoms with Crippen LogP contribution in [0.25, 0.3) is 22.4 Å². The van der Waals surface area contributed by atoms with E-state index in [0.29, 0.717) is 13.2 Å². The second-order valence-electron chi connectivity index (χ2n) is 10.5. The van der Waals surface area contributed by atoms with Crippen LogP contribution in [0.2, 0.25) is 25.7 Å². The molecule has 0 fully saturated rings. The van der Waals surface area contributed by atoms with E-state index in [-0.39, 0.29) is 6.10 Å². The Kier molecular flexibility index (Phi) is 7.94. The Balaban J connectivity index is 1.62. The number of rotatable bonds is 11. The largest absolute Gasteiger partial charge is 0.456 e. The monoisotopic (exact) mass is 478 g/mol. The van der Waals surface area contributed by atoms with Crippen LogP contribution < -0.4 is 4.74 Å². The third kappa shape index (κ3) is 6.19. The van der Waals surface area contributed by atoms with E-state index in [1.807, 2.05) is 24.3 Å². The summed E-state index contributed by atoms with van der Waals surface area (Å²) in [6, 6.07) is 19.8. The van der Waals surface area contributed by atoms with Gasteiger partial charge in [0.05, 0.1) is 12.3 Å². The smallest absolute Gasteiger partial charge is 0.136 e. The van der Waals surface area contributed by atoms with Crippen LogP contribution in [0.1, 0.15) is 18.2 Å². The molecule has 1 aliphatic rings. The molecule has 0 radical (unpaired) electrons. The van der Waals surface area contributed by atoms with Gasteiger partial charge in [-0.1, -0.05) is 50.0 Å². The van der Waals surface area contributed by atoms with Gasteiger partial charge in [-0.2, -0.15) is 0 Å². The number of aromatic nitrogens is 1. The van der Waals surface area contributed by atoms with Crippen LogP contribution in [0, 0.1) is 0 Å². The molecule has 2 heterocycles. The number of H-pyrrole nitrogens is 1. The summed E-state index contributed by atoms with van der Waals surface area (Å²) in [4.78, 5) is 5.88. The highest BCUT2D eigenvalue weighted by Crippen LogP contribution is 2.47. The van der Waals surface area contributed by atoms with E-state index < -0.39 is 8.07 Å². The van der Waals surface area contributed by atoms with E-state index >= 15 is 0 Å². The first-order valence-corrected chi connectivity index (χ1v) is 16.0. The Bertz CT molecular complexity index is 1020. The molecule has 1 unspecified atom stereocenters. The highest BCUT2D eigenvalue weighted by molar-refractivity contribution is 6.76. The van der Waals surface area contributed by atoms with Crippen molar-refractivity contribution in [2.45, 2.75) is 38.2 Å². The maximum Gasteiger partial charge on any atom is 0.136 e. The van der Waals surface area contributed by atoms with Gasteiger partial charge in [0.1, 0.15) is 17.6 Å². The molecule has 1 aliphatic heterocycles. The van der Waals surface area contributed by atoms with Gasteiger partial charge in [0.15, 0.2) is 0 Å². The molecule has 1 N–H and O–H groups in total. The number of nitrogens with one attached hydrogen (secondary N) is 1. The molecule has 1 atom stereocenters. The lowest BCUT2D eigenvalue weighted by atomic mass is 10.0. The second-order valence-corrected chi connectivity index (χ2v) is 16.1. The van der Waals surface area contributed by atoms with Crippen LogP contribution in [0.5, 0.6) is 11.5 Å². The van der Waals surface area contributed by atoms with Crippen molar-refractivity contribution >= 4 is 8.07 Å². The van der Waals surface area contributed by atoms with Crippen molar-refractivity contribution in [2.24, 2.45) is 0 Å². The number of fused-ring (bicyclic) bond motifs is 5. The van der Waals surface area contributed by atoms with Crippen molar-refractivity contribution in [3.05, 3.63) is 60.3 Å². The molecule has 34 heavy (non-hydrogen) atoms. The van der Waals surface area contributed by atoms with Gasteiger partial charge < -0.3 is 24.1 Å². The lowest BCUT2D eigenvalue weighted by Crippen LogP contribution is -2.23. The van der Waals surface area contributed by atoms with Crippen LogP contribution in [-0.4, -0.2) is 58.4 Å². The molecule has 3 aromatic rings. The van der Waals surface area contributed by atoms with Gasteiger partial charge in [0.25, 0.3) is 0 Å². The van der Waals surface area contributed by atoms with Gasteiger partial charge in [0, 0.05) is 43.7 Å². The summed E-state index contributed by atoms with van der Waals surface area (Å²) in [5.74, 6) is 1.73. The zero-order valence-corrected chi connectivity index (χ0v) is 22.2. The average molecular weight is 479 g/mol. The van der Waals surface area contributed by atoms with Gasteiger partial charge in [0.2, 0.25) is 0 Å². The number of hydrogen-bond donors (Lipinski definition) is 1. The number of benzene rings is 2. The van der Waals surface area contributed by atoms with E-state index in [1.54, 1.807) is 0 Å². The molecular weight excluding hydrogens is 440 g/mol. The fraction of sp³-hybridized carbons (Fsp3) is 0.429. The van der Waals surface area contributed by atoms with Crippen molar-refractivity contribution in [3.8, 4) is 33.9 Å². The molecule has 5 nitrogen and oxygen atoms in total. The molecule has 6 heteroatoms. The predicted molar refractivity (Wildman–Crippen MR) is 143 cm³/mol. The van der Waals surface area contributed by atoms with Crippen molar-refractivity contribution in [1.29, 1.82) is 0 Å². The number of hydrogen-bond acceptors (Lipinski definition) is 4. The molecule has 0 saturated heterocycles. The van der Waals surface area contributed by atoms with Gasteiger partial charge in [-0.3, -0.25) is 0 Å². The first kappa shape index (κ1) is 24.7. The third-order valence-electron chi connectivity index (χ3n) is 6.07. The molecule has 1 aromatic heterocycles. The summed E-state index contributed by atoms with van der Waals surface area (Å²) in [6.07, 6.45) is 0.842. The topological polar surface area (TPSA) is 46.7 Å². The minimum atomic E-state index is -1.14. The molecule has 4 rings (SSSR count). The van der Waals surface area contributed by atoms with Crippen molar-refractivity contribution < 1.29 is 14.2 Å². The minimum Gasteiger partial charge on any atom is -0.456 e. The van der Waals surface area contributed by atoms with Crippen LogP contribution in [-0.2, 0) is 9.47 Å². The predicted octanol–water partition coefficient (Wildman–Crippen LogP) is 6.82. The quantitative estimate of drug-likeness (QED) is 0.190. The standard InChI is InChI=1S/C28H38N2O3Si/c1-30(2)15-10-16-32-27(20-31-17-18-34(3,4)5)24-19-23-21-11-6-8-13-25(21)33-26-14-9-7-12-22(26)28(23)29-24/h6-9,11-14,19,27,29H,10,15-18,20H2,1-5H3. The molecule has 0 amide bonds. The van der Waals surface area contributed by atoms with Gasteiger partial charge in [-0.15, -0.1) is 0 Å². The second kappa shape index (κ2) is 10.9. The molecular formula is C28H38N2O3Si. The third-order valence-corrected chi connectivity index (χ3v) is 7.78. The number of nitrogens with zero attached hydrogens (tertiary/aromatic N) is 1. The lowest BCUT2D eigenvalue weighted by molar-refractivity contribution is -0.0190. The normalized spacial score (nSPS) is 13.6. The number of aromatic amines is 1. The highest BCUT2D eigenvalue weighted by atomic mass is 28.3. The lowest BCUT2D eigenvalue weighted by Gasteiger charge is -2.20. The molecule has 0 saturated carbocycles. The average Bonchev–Trinajstić information content (AvgIpc) is 3.17. The minimum absolute atomic E-state index is 0.143. The summed E-state index contributed by atoms with van der Waals surface area (Å²) in [6.45, 7) is 10.2. The van der Waals surface area contributed by atoms with E-state index in [1.165, 1.54) is 0 Å². The van der Waals surface area contributed by atoms with Crippen molar-refractivity contribution in [2.75, 3.05) is 40.5 Å².